The Morgan fingerprint density at radius 2 is 2.11 bits per heavy atom. The van der Waals surface area contributed by atoms with E-state index >= 15 is 0 Å². The summed E-state index contributed by atoms with van der Waals surface area (Å²) in [6, 6.07) is 6.42. The van der Waals surface area contributed by atoms with Gasteiger partial charge in [-0.3, -0.25) is 15.2 Å². The van der Waals surface area contributed by atoms with Gasteiger partial charge in [0, 0.05) is 12.6 Å². The maximum absolute atomic E-state index is 11.8. The number of amidine groups is 1. The third-order valence-corrected chi connectivity index (χ3v) is 3.91. The fourth-order valence-corrected chi connectivity index (χ4v) is 2.89. The number of alkyl halides is 1. The molecule has 0 aliphatic carbocycles. The molecule has 1 aromatic rings. The normalized spacial score (nSPS) is 15.8. The third-order valence-electron chi connectivity index (χ3n) is 2.34. The van der Waals surface area contributed by atoms with Crippen molar-refractivity contribution in [2.75, 3.05) is 12.9 Å². The lowest BCUT2D eigenvalue weighted by molar-refractivity contribution is -0.121. The van der Waals surface area contributed by atoms with Crippen molar-refractivity contribution in [2.24, 2.45) is 4.40 Å². The molecule has 0 atom stereocenters. The number of benzene rings is 1. The van der Waals surface area contributed by atoms with Crippen LogP contribution in [0.15, 0.2) is 33.6 Å². The van der Waals surface area contributed by atoms with E-state index < -0.39 is 15.9 Å². The second-order valence-electron chi connectivity index (χ2n) is 3.61. The number of hydrogen-bond acceptors (Lipinski definition) is 4. The molecule has 0 bridgehead atoms. The fraction of sp³-hybridized carbons (Fsp3) is 0.200. The summed E-state index contributed by atoms with van der Waals surface area (Å²) in [6.45, 7) is 0. The summed E-state index contributed by atoms with van der Waals surface area (Å²) in [5.41, 5.74) is 2.87. The molecule has 8 heteroatoms. The molecule has 6 nitrogen and oxygen atoms in total. The first-order valence-corrected chi connectivity index (χ1v) is 6.96. The summed E-state index contributed by atoms with van der Waals surface area (Å²) in [4.78, 5) is 11.3. The maximum Gasteiger partial charge on any atom is 0.285 e. The highest BCUT2D eigenvalue weighted by atomic mass is 35.5. The number of nitrogens with zero attached hydrogens (tertiary/aromatic N) is 2. The van der Waals surface area contributed by atoms with Crippen molar-refractivity contribution in [2.45, 2.75) is 4.90 Å². The minimum atomic E-state index is -3.68. The van der Waals surface area contributed by atoms with Gasteiger partial charge >= 0.3 is 0 Å². The molecular formula is C10H10ClN3O3S. The number of carbonyl (C=O) groups is 1. The number of fused-ring (bicyclic) bond motifs is 1. The van der Waals surface area contributed by atoms with Gasteiger partial charge in [-0.1, -0.05) is 12.1 Å². The first-order chi connectivity index (χ1) is 8.45. The van der Waals surface area contributed by atoms with Crippen LogP contribution in [0, 0.1) is 0 Å². The third kappa shape index (κ3) is 2.19. The Balaban J connectivity index is 2.39. The van der Waals surface area contributed by atoms with E-state index in [0.29, 0.717) is 5.56 Å². The summed E-state index contributed by atoms with van der Waals surface area (Å²) in [5.74, 6) is -0.487. The molecule has 2 rings (SSSR count). The second-order valence-corrected chi connectivity index (χ2v) is 5.45. The first-order valence-electron chi connectivity index (χ1n) is 4.99. The Labute approximate surface area is 109 Å². The van der Waals surface area contributed by atoms with Crippen molar-refractivity contribution >= 4 is 33.4 Å². The Morgan fingerprint density at radius 3 is 2.78 bits per heavy atom. The van der Waals surface area contributed by atoms with Crippen LogP contribution in [-0.4, -0.2) is 38.1 Å². The van der Waals surface area contributed by atoms with Gasteiger partial charge in [0.05, 0.1) is 0 Å². The number of carbonyl (C=O) groups excluding carboxylic acids is 1. The first kappa shape index (κ1) is 12.8. The molecule has 0 aromatic heterocycles. The molecule has 1 aliphatic heterocycles. The fourth-order valence-electron chi connectivity index (χ4n) is 1.60. The largest absolute Gasteiger partial charge is 0.285 e. The Hall–Kier alpha value is -1.60. The van der Waals surface area contributed by atoms with Gasteiger partial charge in [0.15, 0.2) is 5.84 Å². The molecule has 0 spiro atoms. The lowest BCUT2D eigenvalue weighted by Crippen LogP contribution is -2.43. The number of hydrogen-bond donors (Lipinski definition) is 1. The van der Waals surface area contributed by atoms with Crippen LogP contribution < -0.4 is 5.43 Å². The Bertz CT molecular complexity index is 627. The van der Waals surface area contributed by atoms with Crippen molar-refractivity contribution in [1.82, 2.24) is 10.4 Å². The highest BCUT2D eigenvalue weighted by Gasteiger charge is 2.30. The number of amides is 1. The number of hydrazine groups is 1. The van der Waals surface area contributed by atoms with Crippen LogP contribution in [-0.2, 0) is 14.8 Å². The molecule has 0 saturated carbocycles. The lowest BCUT2D eigenvalue weighted by Gasteiger charge is -2.19. The molecule has 18 heavy (non-hydrogen) atoms. The van der Waals surface area contributed by atoms with Crippen LogP contribution in [0.3, 0.4) is 0 Å². The molecule has 1 aromatic carbocycles. The SMILES string of the molecule is CN(NC(=O)CCl)C1=NS(=O)(=O)c2ccccc21. The van der Waals surface area contributed by atoms with Gasteiger partial charge in [-0.05, 0) is 12.1 Å². The van der Waals surface area contributed by atoms with E-state index in [9.17, 15) is 13.2 Å². The van der Waals surface area contributed by atoms with E-state index in [2.05, 4.69) is 9.82 Å². The van der Waals surface area contributed by atoms with Crippen molar-refractivity contribution in [3.05, 3.63) is 29.8 Å². The standard InChI is InChI=1S/C10H10ClN3O3S/c1-14(12-9(15)6-11)10-7-4-2-3-5-8(7)18(16,17)13-10/h2-5H,6H2,1H3,(H,12,15). The number of rotatable bonds is 1. The van der Waals surface area contributed by atoms with E-state index in [4.69, 9.17) is 11.6 Å². The van der Waals surface area contributed by atoms with Crippen LogP contribution in [0.5, 0.6) is 0 Å². The molecule has 1 aliphatic rings. The highest BCUT2D eigenvalue weighted by molar-refractivity contribution is 7.90. The van der Waals surface area contributed by atoms with Crippen LogP contribution in [0.2, 0.25) is 0 Å². The van der Waals surface area contributed by atoms with E-state index in [0.717, 1.165) is 0 Å². The van der Waals surface area contributed by atoms with Gasteiger partial charge in [-0.2, -0.15) is 8.42 Å². The zero-order chi connectivity index (χ0) is 13.3. The van der Waals surface area contributed by atoms with Gasteiger partial charge < -0.3 is 0 Å². The summed E-state index contributed by atoms with van der Waals surface area (Å²) in [7, 11) is -2.18. The summed E-state index contributed by atoms with van der Waals surface area (Å²) in [5, 5.41) is 1.24. The molecule has 0 unspecified atom stereocenters. The van der Waals surface area contributed by atoms with Crippen LogP contribution in [0.1, 0.15) is 5.56 Å². The molecule has 0 saturated heterocycles. The van der Waals surface area contributed by atoms with Crippen molar-refractivity contribution < 1.29 is 13.2 Å². The quantitative estimate of drug-likeness (QED) is 0.597. The monoisotopic (exact) mass is 287 g/mol. The minimum absolute atomic E-state index is 0.131. The van der Waals surface area contributed by atoms with Gasteiger partial charge in [0.1, 0.15) is 10.8 Å². The van der Waals surface area contributed by atoms with E-state index in [1.807, 2.05) is 0 Å². The van der Waals surface area contributed by atoms with Crippen LogP contribution in [0.4, 0.5) is 0 Å². The molecule has 1 amide bonds. The van der Waals surface area contributed by atoms with Gasteiger partial charge in [-0.25, -0.2) is 0 Å². The van der Waals surface area contributed by atoms with Crippen molar-refractivity contribution in [3.63, 3.8) is 0 Å². The molecule has 0 radical (unpaired) electrons. The summed E-state index contributed by atoms with van der Waals surface area (Å²) >= 11 is 5.36. The average Bonchev–Trinajstić information content (AvgIpc) is 2.62. The van der Waals surface area contributed by atoms with Crippen LogP contribution >= 0.6 is 11.6 Å². The number of sulfonamides is 1. The predicted octanol–water partition coefficient (Wildman–Crippen LogP) is 0.337. The summed E-state index contributed by atoms with van der Waals surface area (Å²) in [6.07, 6.45) is 0. The van der Waals surface area contributed by atoms with E-state index in [1.54, 1.807) is 18.2 Å². The van der Waals surface area contributed by atoms with Gasteiger partial charge in [0.2, 0.25) is 0 Å². The van der Waals surface area contributed by atoms with Crippen molar-refractivity contribution in [3.8, 4) is 0 Å². The zero-order valence-electron chi connectivity index (χ0n) is 9.42. The van der Waals surface area contributed by atoms with E-state index in [1.165, 1.54) is 18.1 Å². The maximum atomic E-state index is 11.8. The number of nitrogens with one attached hydrogen (secondary N) is 1. The molecule has 1 N–H and O–H groups in total. The van der Waals surface area contributed by atoms with Gasteiger partial charge in [0.25, 0.3) is 15.9 Å². The van der Waals surface area contributed by atoms with Gasteiger partial charge in [-0.15, -0.1) is 16.0 Å². The topological polar surface area (TPSA) is 78.8 Å². The Morgan fingerprint density at radius 1 is 1.44 bits per heavy atom. The second kappa shape index (κ2) is 4.58. The zero-order valence-corrected chi connectivity index (χ0v) is 11.0. The smallest absolute Gasteiger partial charge is 0.272 e. The average molecular weight is 288 g/mol. The Kier molecular flexibility index (Phi) is 3.27. The van der Waals surface area contributed by atoms with E-state index in [-0.39, 0.29) is 16.6 Å². The molecule has 1 heterocycles. The molecule has 0 fully saturated rings. The van der Waals surface area contributed by atoms with Crippen LogP contribution in [0.25, 0.3) is 0 Å². The predicted molar refractivity (Wildman–Crippen MR) is 66.8 cm³/mol. The van der Waals surface area contributed by atoms with Crippen molar-refractivity contribution in [1.29, 1.82) is 0 Å². The lowest BCUT2D eigenvalue weighted by atomic mass is 10.2. The number of halogens is 1. The minimum Gasteiger partial charge on any atom is -0.272 e. The summed E-state index contributed by atoms with van der Waals surface area (Å²) < 4.78 is 27.2. The highest BCUT2D eigenvalue weighted by Crippen LogP contribution is 2.26. The molecular weight excluding hydrogens is 278 g/mol. The molecule has 96 valence electrons.